The third-order valence-corrected chi connectivity index (χ3v) is 21.1. The largest absolute Gasteiger partial charge is 0.310 e. The summed E-state index contributed by atoms with van der Waals surface area (Å²) >= 11 is 3.57. The predicted molar refractivity (Wildman–Crippen MR) is 450 cm³/mol. The molecular weight excluding hydrogens is 1340 g/mol. The summed E-state index contributed by atoms with van der Waals surface area (Å²) < 4.78 is 1.07. The van der Waals surface area contributed by atoms with E-state index in [1.165, 1.54) is 132 Å². The van der Waals surface area contributed by atoms with E-state index < -0.39 is 0 Å². The van der Waals surface area contributed by atoms with Gasteiger partial charge in [-0.1, -0.05) is 319 Å². The van der Waals surface area contributed by atoms with Crippen LogP contribution in [0.3, 0.4) is 0 Å². The lowest BCUT2D eigenvalue weighted by molar-refractivity contribution is 1.21. The van der Waals surface area contributed by atoms with Gasteiger partial charge in [-0.3, -0.25) is 0 Å². The Balaban J connectivity index is 0.000000125. The van der Waals surface area contributed by atoms with Crippen molar-refractivity contribution in [2.45, 2.75) is 6.42 Å². The summed E-state index contributed by atoms with van der Waals surface area (Å²) in [5.41, 5.74) is 28.1. The minimum Gasteiger partial charge on any atom is -0.310 e. The van der Waals surface area contributed by atoms with Gasteiger partial charge in [0, 0.05) is 55.2 Å². The normalized spacial score (nSPS) is 11.6. The lowest BCUT2D eigenvalue weighted by atomic mass is 9.81. The van der Waals surface area contributed by atoms with Crippen LogP contribution in [0.4, 0.5) is 51.2 Å². The summed E-state index contributed by atoms with van der Waals surface area (Å²) in [5, 5.41) is 10.5. The molecule has 1 aliphatic heterocycles. The molecule has 105 heavy (non-hydrogen) atoms. The lowest BCUT2D eigenvalue weighted by Crippen LogP contribution is -2.15. The van der Waals surface area contributed by atoms with Crippen LogP contribution in [0.25, 0.3) is 110 Å². The van der Waals surface area contributed by atoms with Crippen molar-refractivity contribution in [3.63, 3.8) is 0 Å². The van der Waals surface area contributed by atoms with Gasteiger partial charge in [-0.25, -0.2) is 0 Å². The molecule has 1 heterocycles. The van der Waals surface area contributed by atoms with Crippen LogP contribution in [0.15, 0.2) is 417 Å². The zero-order valence-electron chi connectivity index (χ0n) is 57.7. The first-order chi connectivity index (χ1) is 52.0. The van der Waals surface area contributed by atoms with Crippen molar-refractivity contribution >= 4 is 110 Å². The van der Waals surface area contributed by atoms with E-state index in [0.29, 0.717) is 0 Å². The number of anilines is 9. The van der Waals surface area contributed by atoms with Gasteiger partial charge in [0.05, 0.1) is 11.4 Å². The maximum Gasteiger partial charge on any atom is 0.0547 e. The van der Waals surface area contributed by atoms with Crippen molar-refractivity contribution < 1.29 is 0 Å². The third kappa shape index (κ3) is 12.6. The highest BCUT2D eigenvalue weighted by Crippen LogP contribution is 2.54. The Morgan fingerprint density at radius 2 is 0.600 bits per heavy atom. The van der Waals surface area contributed by atoms with Crippen molar-refractivity contribution in [1.29, 1.82) is 0 Å². The molecular formula is C101H70BrN3. The molecule has 0 saturated heterocycles. The average molecular weight is 1410 g/mol. The molecule has 20 rings (SSSR count). The Bertz CT molecular complexity index is 6150. The molecule has 4 heteroatoms. The Kier molecular flexibility index (Phi) is 17.3. The van der Waals surface area contributed by atoms with E-state index in [2.05, 4.69) is 437 Å². The molecule has 0 unspecified atom stereocenters. The highest BCUT2D eigenvalue weighted by molar-refractivity contribution is 9.10. The van der Waals surface area contributed by atoms with Gasteiger partial charge in [0.2, 0.25) is 0 Å². The van der Waals surface area contributed by atoms with Crippen molar-refractivity contribution in [1.82, 2.24) is 0 Å². The van der Waals surface area contributed by atoms with Gasteiger partial charge >= 0.3 is 0 Å². The van der Waals surface area contributed by atoms with Crippen molar-refractivity contribution in [3.05, 3.63) is 428 Å². The van der Waals surface area contributed by atoms with Crippen molar-refractivity contribution in [2.24, 2.45) is 0 Å². The molecule has 3 nitrogen and oxygen atoms in total. The SMILES string of the molecule is Brc1ccc(N(c2ccc(-c3ccccc3)cc2)c2cccc(-c3ccccc3)c2)cc1.c1ccc(-c2ccc(N(c3ccc(N4c5ccc6ccccc6c5-c5cccc6cccc4c56)cc3)c3cccc(-c4ccccc4)c3)cc2)cc1.c1ccc2c3c(ccc2c1)Cc1cccc2cccc-3c12. The average Bonchev–Trinajstić information content (AvgIpc) is 0.722. The van der Waals surface area contributed by atoms with Crippen LogP contribution in [0.5, 0.6) is 0 Å². The summed E-state index contributed by atoms with van der Waals surface area (Å²) in [4.78, 5) is 7.10. The number of rotatable bonds is 11. The Labute approximate surface area is 621 Å². The number of fused-ring (bicyclic) bond motifs is 8. The minimum atomic E-state index is 1.04. The van der Waals surface area contributed by atoms with Gasteiger partial charge in [0.15, 0.2) is 0 Å². The fourth-order valence-electron chi connectivity index (χ4n) is 15.6. The Morgan fingerprint density at radius 3 is 1.11 bits per heavy atom. The number of halogens is 1. The second-order valence-electron chi connectivity index (χ2n) is 26.8. The predicted octanol–water partition coefficient (Wildman–Crippen LogP) is 29.1. The fourth-order valence-corrected chi connectivity index (χ4v) is 15.9. The molecule has 0 spiro atoms. The molecule has 0 aromatic heterocycles. The summed E-state index contributed by atoms with van der Waals surface area (Å²) in [6, 6.07) is 148. The van der Waals surface area contributed by atoms with E-state index in [9.17, 15) is 0 Å². The maximum absolute atomic E-state index is 3.57. The first kappa shape index (κ1) is 64.0. The zero-order valence-corrected chi connectivity index (χ0v) is 59.3. The van der Waals surface area contributed by atoms with Crippen LogP contribution < -0.4 is 14.7 Å². The van der Waals surface area contributed by atoms with Crippen LogP contribution in [0, 0.1) is 0 Å². The molecule has 0 atom stereocenters. The van der Waals surface area contributed by atoms with E-state index in [-0.39, 0.29) is 0 Å². The molecule has 0 radical (unpaired) electrons. The standard InChI is InChI=1S/C50H34N2.C30H22BrN.C21H14/c1-3-12-35(13-4-1)37-24-27-41(28-25-37)51(44-20-9-19-40(34-44)36-14-5-2-6-15-36)42-29-31-43(32-30-42)52-47-23-11-18-39-17-10-22-46(49(39)47)50-45-21-8-7-16-38(45)26-33-48(50)52;31-27-16-20-29(21-17-27)32(28-18-14-25(15-19-28)23-8-3-1-4-9-23)30-13-7-12-26(22-30)24-10-5-2-6-11-24;1-2-9-18-14(5-1)11-12-17-13-16-8-3-6-15-7-4-10-19(20(15)16)21(17)18/h1-34H;1-22H;1-12H,13H2. The van der Waals surface area contributed by atoms with Gasteiger partial charge in [0.1, 0.15) is 0 Å². The molecule has 0 N–H and O–H groups in total. The second-order valence-corrected chi connectivity index (χ2v) is 27.8. The fraction of sp³-hybridized carbons (Fsp3) is 0.00990. The molecule has 2 aliphatic rings. The van der Waals surface area contributed by atoms with E-state index in [4.69, 9.17) is 0 Å². The first-order valence-corrected chi connectivity index (χ1v) is 36.7. The first-order valence-electron chi connectivity index (χ1n) is 35.9. The number of hydrogen-bond acceptors (Lipinski definition) is 3. The summed E-state index contributed by atoms with van der Waals surface area (Å²) in [6.07, 6.45) is 1.04. The highest BCUT2D eigenvalue weighted by atomic mass is 79.9. The van der Waals surface area contributed by atoms with Crippen LogP contribution >= 0.6 is 15.9 Å². The third-order valence-electron chi connectivity index (χ3n) is 20.5. The number of benzene rings is 18. The van der Waals surface area contributed by atoms with Crippen LogP contribution in [0.2, 0.25) is 0 Å². The molecule has 0 fully saturated rings. The quantitative estimate of drug-likeness (QED) is 0.128. The maximum atomic E-state index is 3.57. The topological polar surface area (TPSA) is 9.72 Å². The Morgan fingerprint density at radius 1 is 0.229 bits per heavy atom. The Hall–Kier alpha value is -13.1. The van der Waals surface area contributed by atoms with Gasteiger partial charge in [-0.15, -0.1) is 0 Å². The van der Waals surface area contributed by atoms with Gasteiger partial charge in [0.25, 0.3) is 0 Å². The highest BCUT2D eigenvalue weighted by Gasteiger charge is 2.28. The van der Waals surface area contributed by atoms with E-state index >= 15 is 0 Å². The minimum absolute atomic E-state index is 1.04. The molecule has 1 aliphatic carbocycles. The summed E-state index contributed by atoms with van der Waals surface area (Å²) in [7, 11) is 0. The van der Waals surface area contributed by atoms with Crippen LogP contribution in [-0.4, -0.2) is 0 Å². The van der Waals surface area contributed by atoms with Crippen LogP contribution in [0.1, 0.15) is 11.1 Å². The summed E-state index contributed by atoms with van der Waals surface area (Å²) in [5.74, 6) is 0. The van der Waals surface area contributed by atoms with Gasteiger partial charge in [-0.2, -0.15) is 0 Å². The monoisotopic (exact) mass is 1400 g/mol. The van der Waals surface area contributed by atoms with E-state index in [1.807, 2.05) is 6.07 Å². The van der Waals surface area contributed by atoms with Crippen molar-refractivity contribution in [2.75, 3.05) is 14.7 Å². The smallest absolute Gasteiger partial charge is 0.0547 e. The van der Waals surface area contributed by atoms with Crippen LogP contribution in [-0.2, 0) is 6.42 Å². The van der Waals surface area contributed by atoms with Gasteiger partial charge < -0.3 is 14.7 Å². The molecule has 18 aromatic carbocycles. The second kappa shape index (κ2) is 28.4. The molecule has 496 valence electrons. The zero-order chi connectivity index (χ0) is 70.0. The lowest BCUT2D eigenvalue weighted by Gasteiger charge is -2.34. The molecule has 18 aromatic rings. The van der Waals surface area contributed by atoms with E-state index in [0.717, 1.165) is 50.7 Å². The number of nitrogens with zero attached hydrogens (tertiary/aromatic N) is 3. The van der Waals surface area contributed by atoms with Crippen molar-refractivity contribution in [3.8, 4) is 66.8 Å². The van der Waals surface area contributed by atoms with E-state index in [1.54, 1.807) is 0 Å². The van der Waals surface area contributed by atoms with Gasteiger partial charge in [-0.05, 0) is 226 Å². The summed E-state index contributed by atoms with van der Waals surface area (Å²) in [6.45, 7) is 0. The number of hydrogen-bond donors (Lipinski definition) is 0. The molecule has 0 bridgehead atoms. The molecule has 0 amide bonds. The molecule has 0 saturated carbocycles.